The van der Waals surface area contributed by atoms with Crippen molar-refractivity contribution in [2.45, 2.75) is 104 Å². The number of carboxylic acids is 1. The second kappa shape index (κ2) is 10.3. The maximum Gasteiger partial charge on any atom is 0.320 e. The maximum atomic E-state index is 13.0. The molecule has 0 aromatic heterocycles. The molecule has 0 bridgehead atoms. The summed E-state index contributed by atoms with van der Waals surface area (Å²) in [5, 5.41) is 10.7. The molecule has 6 rings (SSSR count). The first-order chi connectivity index (χ1) is 18.6. The van der Waals surface area contributed by atoms with Gasteiger partial charge in [-0.1, -0.05) is 33.6 Å². The number of carboxylic acid groups (broad SMARTS) is 1. The number of rotatable bonds is 5. The van der Waals surface area contributed by atoms with E-state index in [9.17, 15) is 14.7 Å². The number of morpholine rings is 1. The Kier molecular flexibility index (Phi) is 7.39. The van der Waals surface area contributed by atoms with E-state index in [4.69, 9.17) is 9.47 Å². The molecule has 0 aromatic carbocycles. The van der Waals surface area contributed by atoms with Gasteiger partial charge in [-0.3, -0.25) is 14.5 Å². The molecule has 1 aliphatic heterocycles. The third-order valence-corrected chi connectivity index (χ3v) is 13.8. The van der Waals surface area contributed by atoms with Crippen LogP contribution in [0.25, 0.3) is 0 Å². The van der Waals surface area contributed by atoms with E-state index in [1.165, 1.54) is 38.5 Å². The van der Waals surface area contributed by atoms with E-state index in [-0.39, 0.29) is 23.9 Å². The largest absolute Gasteiger partial charge is 0.481 e. The van der Waals surface area contributed by atoms with Gasteiger partial charge >= 0.3 is 11.9 Å². The molecule has 11 atom stereocenters. The van der Waals surface area contributed by atoms with Gasteiger partial charge in [0.2, 0.25) is 0 Å². The zero-order chi connectivity index (χ0) is 27.6. The number of hydrogen-bond donors (Lipinski definition) is 1. The number of carbonyl (C=O) groups is 2. The summed E-state index contributed by atoms with van der Waals surface area (Å²) in [4.78, 5) is 28.1. The van der Waals surface area contributed by atoms with E-state index in [1.807, 2.05) is 6.92 Å². The Morgan fingerprint density at radius 3 is 2.38 bits per heavy atom. The number of fused-ring (bicyclic) bond motifs is 7. The topological polar surface area (TPSA) is 76.1 Å². The molecule has 1 N–H and O–H groups in total. The second-order valence-corrected chi connectivity index (χ2v) is 15.2. The molecule has 6 aliphatic rings. The molecule has 0 amide bonds. The van der Waals surface area contributed by atoms with Crippen molar-refractivity contribution >= 4 is 11.9 Å². The molecule has 6 nitrogen and oxygen atoms in total. The van der Waals surface area contributed by atoms with Gasteiger partial charge < -0.3 is 14.6 Å². The first-order valence-corrected chi connectivity index (χ1v) is 16.3. The highest BCUT2D eigenvalue weighted by Crippen LogP contribution is 2.72. The molecule has 0 radical (unpaired) electrons. The van der Waals surface area contributed by atoms with E-state index in [0.29, 0.717) is 42.4 Å². The Balaban J connectivity index is 1.24. The van der Waals surface area contributed by atoms with Crippen LogP contribution in [0.5, 0.6) is 0 Å². The predicted octanol–water partition coefficient (Wildman–Crippen LogP) is 6.03. The molecule has 6 fully saturated rings. The van der Waals surface area contributed by atoms with Crippen molar-refractivity contribution in [3.05, 3.63) is 0 Å². The number of aliphatic carboxylic acids is 1. The van der Waals surface area contributed by atoms with Gasteiger partial charge in [-0.15, -0.1) is 0 Å². The highest BCUT2D eigenvalue weighted by atomic mass is 16.5. The number of ether oxygens (including phenoxy) is 2. The second-order valence-electron chi connectivity index (χ2n) is 15.2. The minimum Gasteiger partial charge on any atom is -0.481 e. The van der Waals surface area contributed by atoms with Gasteiger partial charge in [-0.25, -0.2) is 0 Å². The lowest BCUT2D eigenvalue weighted by Gasteiger charge is -2.67. The molecule has 0 spiro atoms. The first-order valence-electron chi connectivity index (χ1n) is 16.3. The number of hydrogen-bond acceptors (Lipinski definition) is 5. The van der Waals surface area contributed by atoms with Crippen LogP contribution in [0.2, 0.25) is 0 Å². The molecule has 0 aromatic rings. The van der Waals surface area contributed by atoms with Crippen molar-refractivity contribution in [2.75, 3.05) is 32.8 Å². The van der Waals surface area contributed by atoms with Crippen molar-refractivity contribution < 1.29 is 24.2 Å². The zero-order valence-electron chi connectivity index (χ0n) is 25.0. The van der Waals surface area contributed by atoms with Crippen LogP contribution < -0.4 is 0 Å². The molecule has 220 valence electrons. The maximum absolute atomic E-state index is 13.0. The Bertz CT molecular complexity index is 948. The number of nitrogens with zero attached hydrogens (tertiary/aromatic N) is 1. The SMILES string of the molecule is CC1CCCC2(C)C1CCC1(C)C3CCC4(C(=O)O)CCC(C(C)OC(=O)CN5CCOCC5)C4C3CCC21. The van der Waals surface area contributed by atoms with Gasteiger partial charge in [0.05, 0.1) is 25.2 Å². The van der Waals surface area contributed by atoms with Crippen LogP contribution in [-0.2, 0) is 19.1 Å². The van der Waals surface area contributed by atoms with Crippen molar-refractivity contribution in [3.63, 3.8) is 0 Å². The summed E-state index contributed by atoms with van der Waals surface area (Å²) < 4.78 is 11.5. The third kappa shape index (κ3) is 4.40. The molecule has 5 saturated carbocycles. The first kappa shape index (κ1) is 28.0. The molecule has 11 unspecified atom stereocenters. The summed E-state index contributed by atoms with van der Waals surface area (Å²) in [7, 11) is 0. The number of carbonyl (C=O) groups excluding carboxylic acids is 1. The summed E-state index contributed by atoms with van der Waals surface area (Å²) in [5.74, 6) is 2.98. The molecule has 6 heteroatoms. The number of esters is 1. The van der Waals surface area contributed by atoms with Crippen LogP contribution in [0.1, 0.15) is 98.3 Å². The Labute approximate surface area is 235 Å². The summed E-state index contributed by atoms with van der Waals surface area (Å²) >= 11 is 0. The minimum atomic E-state index is -0.639. The predicted molar refractivity (Wildman–Crippen MR) is 150 cm³/mol. The molecule has 1 saturated heterocycles. The van der Waals surface area contributed by atoms with Crippen LogP contribution in [0.15, 0.2) is 0 Å². The highest BCUT2D eigenvalue weighted by Gasteiger charge is 2.67. The third-order valence-electron chi connectivity index (χ3n) is 13.8. The van der Waals surface area contributed by atoms with Crippen LogP contribution in [0, 0.1) is 57.7 Å². The standard InChI is InChI=1S/C33H53NO5/c1-21-6-5-12-31(3)25(21)10-13-32(4)26-11-15-33(30(36)37)14-9-23(29(33)24(26)7-8-27(31)32)22(2)39-28(35)20-34-16-18-38-19-17-34/h21-27,29H,5-20H2,1-4H3,(H,36,37). The molecule has 39 heavy (non-hydrogen) atoms. The lowest BCUT2D eigenvalue weighted by atomic mass is 9.37. The van der Waals surface area contributed by atoms with Crippen molar-refractivity contribution in [2.24, 2.45) is 57.7 Å². The van der Waals surface area contributed by atoms with Crippen LogP contribution in [0.4, 0.5) is 0 Å². The smallest absolute Gasteiger partial charge is 0.320 e. The lowest BCUT2D eigenvalue weighted by molar-refractivity contribution is -0.197. The van der Waals surface area contributed by atoms with E-state index in [0.717, 1.165) is 62.9 Å². The quantitative estimate of drug-likeness (QED) is 0.427. The Hall–Kier alpha value is -1.14. The summed E-state index contributed by atoms with van der Waals surface area (Å²) in [5.41, 5.74) is 0.105. The summed E-state index contributed by atoms with van der Waals surface area (Å²) in [6, 6.07) is 0. The fraction of sp³-hybridized carbons (Fsp3) is 0.939. The molecule has 1 heterocycles. The van der Waals surface area contributed by atoms with Gasteiger partial charge in [-0.05, 0) is 117 Å². The van der Waals surface area contributed by atoms with Crippen molar-refractivity contribution in [3.8, 4) is 0 Å². The van der Waals surface area contributed by atoms with Crippen molar-refractivity contribution in [1.29, 1.82) is 0 Å². The normalized spacial score (nSPS) is 48.7. The monoisotopic (exact) mass is 543 g/mol. The van der Waals surface area contributed by atoms with Gasteiger partial charge in [0, 0.05) is 13.1 Å². The summed E-state index contributed by atoms with van der Waals surface area (Å²) in [6.45, 7) is 13.0. The van der Waals surface area contributed by atoms with Gasteiger partial charge in [0.1, 0.15) is 6.10 Å². The van der Waals surface area contributed by atoms with Gasteiger partial charge in [0.15, 0.2) is 0 Å². The Morgan fingerprint density at radius 1 is 0.949 bits per heavy atom. The van der Waals surface area contributed by atoms with E-state index in [2.05, 4.69) is 25.7 Å². The van der Waals surface area contributed by atoms with E-state index in [1.54, 1.807) is 0 Å². The molecule has 5 aliphatic carbocycles. The minimum absolute atomic E-state index is 0.119. The van der Waals surface area contributed by atoms with Crippen LogP contribution in [-0.4, -0.2) is 60.9 Å². The van der Waals surface area contributed by atoms with E-state index < -0.39 is 11.4 Å². The van der Waals surface area contributed by atoms with Gasteiger partial charge in [0.25, 0.3) is 0 Å². The Morgan fingerprint density at radius 2 is 1.64 bits per heavy atom. The zero-order valence-corrected chi connectivity index (χ0v) is 25.0. The van der Waals surface area contributed by atoms with Gasteiger partial charge in [-0.2, -0.15) is 0 Å². The fourth-order valence-corrected chi connectivity index (χ4v) is 12.2. The van der Waals surface area contributed by atoms with E-state index >= 15 is 0 Å². The lowest BCUT2D eigenvalue weighted by Crippen LogP contribution is -2.61. The van der Waals surface area contributed by atoms with Crippen molar-refractivity contribution in [1.82, 2.24) is 4.90 Å². The average Bonchev–Trinajstić information content (AvgIpc) is 3.31. The molecular formula is C33H53NO5. The van der Waals surface area contributed by atoms with Crippen LogP contribution in [0.3, 0.4) is 0 Å². The average molecular weight is 544 g/mol. The molecular weight excluding hydrogens is 490 g/mol. The van der Waals surface area contributed by atoms with Crippen LogP contribution >= 0.6 is 0 Å². The highest BCUT2D eigenvalue weighted by molar-refractivity contribution is 5.76. The summed E-state index contributed by atoms with van der Waals surface area (Å²) in [6.07, 6.45) is 12.4. The fourth-order valence-electron chi connectivity index (χ4n) is 12.2.